The van der Waals surface area contributed by atoms with Gasteiger partial charge in [0.1, 0.15) is 18.3 Å². The molecule has 0 saturated carbocycles. The number of halogens is 1. The largest absolute Gasteiger partial charge is 0.492 e. The van der Waals surface area contributed by atoms with Crippen LogP contribution in [0.3, 0.4) is 0 Å². The van der Waals surface area contributed by atoms with Crippen molar-refractivity contribution in [2.24, 2.45) is 5.92 Å². The second-order valence-corrected chi connectivity index (χ2v) is 5.74. The Morgan fingerprint density at radius 2 is 1.79 bits per heavy atom. The Kier molecular flexibility index (Phi) is 4.36. The van der Waals surface area contributed by atoms with Crippen LogP contribution in [-0.4, -0.2) is 29.8 Å². The van der Waals surface area contributed by atoms with Gasteiger partial charge in [-0.05, 0) is 30.3 Å². The number of fused-ring (bicyclic) bond motifs is 1. The molecule has 122 valence electrons. The van der Waals surface area contributed by atoms with E-state index >= 15 is 0 Å². The molecule has 0 saturated heterocycles. The van der Waals surface area contributed by atoms with E-state index in [1.54, 1.807) is 24.3 Å². The summed E-state index contributed by atoms with van der Waals surface area (Å²) in [5, 5.41) is 0. The van der Waals surface area contributed by atoms with E-state index in [1.165, 1.54) is 18.2 Å². The van der Waals surface area contributed by atoms with Gasteiger partial charge in [-0.25, -0.2) is 0 Å². The quantitative estimate of drug-likeness (QED) is 0.390. The maximum atomic E-state index is 12.6. The van der Waals surface area contributed by atoms with Crippen LogP contribution in [0.4, 0.5) is 5.69 Å². The van der Waals surface area contributed by atoms with E-state index in [1.807, 2.05) is 0 Å². The number of alkyl halides is 1. The average Bonchev–Trinajstić information content (AvgIpc) is 2.85. The monoisotopic (exact) mass is 343 g/mol. The third kappa shape index (κ3) is 2.67. The van der Waals surface area contributed by atoms with E-state index in [9.17, 15) is 14.4 Å². The number of ketones is 3. The standard InChI is InChI=1S/C18H14ClNO4/c19-8-9-24-11-6-4-10(5-7-11)16(21)15-17(22)12-2-1-3-13(20)14(12)18(15)23/h1-7,15H,8-9,20H2. The predicted molar refractivity (Wildman–Crippen MR) is 90.0 cm³/mol. The molecular weight excluding hydrogens is 330 g/mol. The number of rotatable bonds is 5. The molecule has 0 heterocycles. The first-order valence-electron chi connectivity index (χ1n) is 7.34. The summed E-state index contributed by atoms with van der Waals surface area (Å²) in [5.41, 5.74) is 6.61. The zero-order valence-corrected chi connectivity index (χ0v) is 13.4. The van der Waals surface area contributed by atoms with Gasteiger partial charge in [0.15, 0.2) is 17.3 Å². The molecule has 1 atom stereocenters. The van der Waals surface area contributed by atoms with E-state index in [2.05, 4.69) is 0 Å². The zero-order chi connectivity index (χ0) is 17.3. The maximum absolute atomic E-state index is 12.6. The zero-order valence-electron chi connectivity index (χ0n) is 12.6. The summed E-state index contributed by atoms with van der Waals surface area (Å²) in [6, 6.07) is 10.9. The van der Waals surface area contributed by atoms with Gasteiger partial charge in [0.2, 0.25) is 0 Å². The highest BCUT2D eigenvalue weighted by Crippen LogP contribution is 2.33. The summed E-state index contributed by atoms with van der Waals surface area (Å²) in [6.45, 7) is 0.350. The van der Waals surface area contributed by atoms with Crippen molar-refractivity contribution in [1.82, 2.24) is 0 Å². The second kappa shape index (κ2) is 6.45. The maximum Gasteiger partial charge on any atom is 0.184 e. The normalized spacial score (nSPS) is 16.1. The molecule has 2 N–H and O–H groups in total. The first-order valence-corrected chi connectivity index (χ1v) is 7.88. The molecule has 3 rings (SSSR count). The number of carbonyl (C=O) groups excluding carboxylic acids is 3. The molecule has 0 aromatic heterocycles. The number of ether oxygens (including phenoxy) is 1. The molecule has 6 heteroatoms. The fourth-order valence-corrected chi connectivity index (χ4v) is 2.82. The van der Waals surface area contributed by atoms with Crippen molar-refractivity contribution in [3.8, 4) is 5.75 Å². The average molecular weight is 344 g/mol. The Labute approximate surface area is 143 Å². The van der Waals surface area contributed by atoms with Crippen molar-refractivity contribution in [2.45, 2.75) is 0 Å². The van der Waals surface area contributed by atoms with Crippen LogP contribution in [0, 0.1) is 5.92 Å². The molecular formula is C18H14ClNO4. The topological polar surface area (TPSA) is 86.5 Å². The SMILES string of the molecule is Nc1cccc2c1C(=O)C(C(=O)c1ccc(OCCCl)cc1)C2=O. The summed E-state index contributed by atoms with van der Waals surface area (Å²) in [6.07, 6.45) is 0. The van der Waals surface area contributed by atoms with Gasteiger partial charge in [0.25, 0.3) is 0 Å². The van der Waals surface area contributed by atoms with E-state index in [4.69, 9.17) is 22.1 Å². The minimum Gasteiger partial charge on any atom is -0.492 e. The van der Waals surface area contributed by atoms with Crippen LogP contribution < -0.4 is 10.5 Å². The smallest absolute Gasteiger partial charge is 0.184 e. The van der Waals surface area contributed by atoms with Crippen molar-refractivity contribution in [3.63, 3.8) is 0 Å². The van der Waals surface area contributed by atoms with Crippen LogP contribution in [0.5, 0.6) is 5.75 Å². The van der Waals surface area contributed by atoms with Gasteiger partial charge >= 0.3 is 0 Å². The number of hydrogen-bond donors (Lipinski definition) is 1. The molecule has 1 aliphatic carbocycles. The Morgan fingerprint density at radius 3 is 2.42 bits per heavy atom. The van der Waals surface area contributed by atoms with Crippen LogP contribution in [0.25, 0.3) is 0 Å². The highest BCUT2D eigenvalue weighted by Gasteiger charge is 2.44. The van der Waals surface area contributed by atoms with Gasteiger partial charge in [-0.2, -0.15) is 0 Å². The molecule has 2 aromatic rings. The lowest BCUT2D eigenvalue weighted by molar-refractivity contribution is 0.0757. The number of anilines is 1. The van der Waals surface area contributed by atoms with Gasteiger partial charge < -0.3 is 10.5 Å². The third-order valence-corrected chi connectivity index (χ3v) is 4.03. The highest BCUT2D eigenvalue weighted by molar-refractivity contribution is 6.39. The van der Waals surface area contributed by atoms with Crippen LogP contribution in [0.1, 0.15) is 31.1 Å². The molecule has 0 amide bonds. The van der Waals surface area contributed by atoms with Gasteiger partial charge in [0, 0.05) is 16.8 Å². The number of benzene rings is 2. The van der Waals surface area contributed by atoms with E-state index in [0.29, 0.717) is 18.2 Å². The Balaban J connectivity index is 1.87. The lowest BCUT2D eigenvalue weighted by atomic mass is 9.93. The van der Waals surface area contributed by atoms with Crippen LogP contribution >= 0.6 is 11.6 Å². The van der Waals surface area contributed by atoms with E-state index in [-0.39, 0.29) is 22.4 Å². The fourth-order valence-electron chi connectivity index (χ4n) is 2.75. The molecule has 0 fully saturated rings. The molecule has 0 aliphatic heterocycles. The molecule has 2 aromatic carbocycles. The first-order chi connectivity index (χ1) is 11.5. The van der Waals surface area contributed by atoms with E-state index in [0.717, 1.165) is 0 Å². The van der Waals surface area contributed by atoms with E-state index < -0.39 is 23.3 Å². The van der Waals surface area contributed by atoms with Crippen molar-refractivity contribution in [3.05, 3.63) is 59.2 Å². The lowest BCUT2D eigenvalue weighted by Crippen LogP contribution is -2.25. The number of Topliss-reactive ketones (excluding diaryl/α,β-unsaturated/α-hetero) is 3. The summed E-state index contributed by atoms with van der Waals surface area (Å²) in [4.78, 5) is 37.6. The summed E-state index contributed by atoms with van der Waals surface area (Å²) in [7, 11) is 0. The van der Waals surface area contributed by atoms with Gasteiger partial charge in [-0.3, -0.25) is 14.4 Å². The molecule has 0 radical (unpaired) electrons. The third-order valence-electron chi connectivity index (χ3n) is 3.88. The molecule has 1 aliphatic rings. The Morgan fingerprint density at radius 1 is 1.08 bits per heavy atom. The van der Waals surface area contributed by atoms with Crippen LogP contribution in [0.2, 0.25) is 0 Å². The fraction of sp³-hybridized carbons (Fsp3) is 0.167. The molecule has 0 bridgehead atoms. The van der Waals surface area contributed by atoms with Gasteiger partial charge in [-0.1, -0.05) is 12.1 Å². The number of carbonyl (C=O) groups is 3. The number of nitrogens with two attached hydrogens (primary N) is 1. The first kappa shape index (κ1) is 16.2. The highest BCUT2D eigenvalue weighted by atomic mass is 35.5. The van der Waals surface area contributed by atoms with Crippen LogP contribution in [-0.2, 0) is 0 Å². The Hall–Kier alpha value is -2.66. The minimum atomic E-state index is -1.36. The number of nitrogen functional groups attached to an aromatic ring is 1. The van der Waals surface area contributed by atoms with Crippen molar-refractivity contribution >= 4 is 34.6 Å². The minimum absolute atomic E-state index is 0.142. The predicted octanol–water partition coefficient (Wildman–Crippen LogP) is 2.76. The molecule has 1 unspecified atom stereocenters. The van der Waals surface area contributed by atoms with Gasteiger partial charge in [-0.15, -0.1) is 11.6 Å². The molecule has 0 spiro atoms. The second-order valence-electron chi connectivity index (χ2n) is 5.36. The lowest BCUT2D eigenvalue weighted by Gasteiger charge is -2.08. The van der Waals surface area contributed by atoms with Crippen LogP contribution in [0.15, 0.2) is 42.5 Å². The van der Waals surface area contributed by atoms with Crippen molar-refractivity contribution in [1.29, 1.82) is 0 Å². The molecule has 24 heavy (non-hydrogen) atoms. The van der Waals surface area contributed by atoms with Crippen molar-refractivity contribution in [2.75, 3.05) is 18.2 Å². The van der Waals surface area contributed by atoms with Gasteiger partial charge in [0.05, 0.1) is 11.4 Å². The molecule has 5 nitrogen and oxygen atoms in total. The van der Waals surface area contributed by atoms with Crippen molar-refractivity contribution < 1.29 is 19.1 Å². The number of hydrogen-bond acceptors (Lipinski definition) is 5. The Bertz CT molecular complexity index is 829. The summed E-state index contributed by atoms with van der Waals surface area (Å²) < 4.78 is 5.33. The summed E-state index contributed by atoms with van der Waals surface area (Å²) >= 11 is 5.54. The summed E-state index contributed by atoms with van der Waals surface area (Å²) in [5.74, 6) is -2.03.